The van der Waals surface area contributed by atoms with E-state index in [-0.39, 0.29) is 28.7 Å². The van der Waals surface area contributed by atoms with Crippen molar-refractivity contribution in [2.24, 2.45) is 5.10 Å². The number of carbonyl (C=O) groups is 2. The number of nitrogens with one attached hydrogen (secondary N) is 1. The molecule has 0 radical (unpaired) electrons. The number of nitro groups is 1. The minimum absolute atomic E-state index is 0.128. The summed E-state index contributed by atoms with van der Waals surface area (Å²) < 4.78 is 10.6. The van der Waals surface area contributed by atoms with Gasteiger partial charge < -0.3 is 9.47 Å². The number of rotatable bonds is 7. The molecule has 0 saturated carbocycles. The number of nitro benzene ring substituents is 1. The van der Waals surface area contributed by atoms with Gasteiger partial charge in [0.15, 0.2) is 11.5 Å². The summed E-state index contributed by atoms with van der Waals surface area (Å²) in [7, 11) is 1.41. The molecule has 0 aliphatic carbocycles. The van der Waals surface area contributed by atoms with Gasteiger partial charge in [-0.05, 0) is 48.0 Å². The summed E-state index contributed by atoms with van der Waals surface area (Å²) in [6.07, 6.45) is 1.42. The summed E-state index contributed by atoms with van der Waals surface area (Å²) in [5, 5.41) is 14.6. The molecular formula is C22H17N3O6. The molecule has 3 aromatic rings. The van der Waals surface area contributed by atoms with Crippen molar-refractivity contribution in [2.45, 2.75) is 0 Å². The molecule has 0 fully saturated rings. The first-order valence-corrected chi connectivity index (χ1v) is 9.01. The van der Waals surface area contributed by atoms with Gasteiger partial charge in [0.05, 0.1) is 23.8 Å². The summed E-state index contributed by atoms with van der Waals surface area (Å²) in [4.78, 5) is 34.4. The summed E-state index contributed by atoms with van der Waals surface area (Å²) >= 11 is 0. The third kappa shape index (κ3) is 5.51. The van der Waals surface area contributed by atoms with Crippen molar-refractivity contribution in [1.29, 1.82) is 0 Å². The molecule has 3 rings (SSSR count). The predicted octanol–water partition coefficient (Wildman–Crippen LogP) is 3.59. The lowest BCUT2D eigenvalue weighted by atomic mass is 10.2. The molecule has 1 N–H and O–H groups in total. The van der Waals surface area contributed by atoms with E-state index in [0.29, 0.717) is 11.1 Å². The quantitative estimate of drug-likeness (QED) is 0.205. The predicted molar refractivity (Wildman–Crippen MR) is 113 cm³/mol. The molecule has 0 saturated heterocycles. The van der Waals surface area contributed by atoms with E-state index < -0.39 is 10.9 Å². The lowest BCUT2D eigenvalue weighted by molar-refractivity contribution is -0.384. The Morgan fingerprint density at radius 1 is 0.968 bits per heavy atom. The Bertz CT molecular complexity index is 1130. The van der Waals surface area contributed by atoms with Crippen LogP contribution in [0, 0.1) is 10.1 Å². The highest BCUT2D eigenvalue weighted by Crippen LogP contribution is 2.28. The summed E-state index contributed by atoms with van der Waals surface area (Å²) in [5.41, 5.74) is 3.52. The number of methoxy groups -OCH3 is 1. The van der Waals surface area contributed by atoms with Gasteiger partial charge in [-0.15, -0.1) is 0 Å². The number of carbonyl (C=O) groups excluding carboxylic acids is 2. The van der Waals surface area contributed by atoms with Crippen molar-refractivity contribution in [3.05, 3.63) is 99.6 Å². The van der Waals surface area contributed by atoms with Crippen LogP contribution in [0.5, 0.6) is 11.5 Å². The monoisotopic (exact) mass is 419 g/mol. The van der Waals surface area contributed by atoms with Crippen molar-refractivity contribution in [2.75, 3.05) is 7.11 Å². The molecule has 156 valence electrons. The standard InChI is InChI=1S/C22H17N3O6/c1-30-20-13-15(14-23-24-21(26)16-5-3-2-4-6-16)7-12-19(20)31-22(27)17-8-10-18(11-9-17)25(28)29/h2-14H,1H3,(H,24,26)/b23-14-. The van der Waals surface area contributed by atoms with Crippen molar-refractivity contribution >= 4 is 23.8 Å². The third-order valence-electron chi connectivity index (χ3n) is 4.12. The number of hydrogen-bond acceptors (Lipinski definition) is 7. The summed E-state index contributed by atoms with van der Waals surface area (Å²) in [6, 6.07) is 18.4. The van der Waals surface area contributed by atoms with Crippen LogP contribution in [0.1, 0.15) is 26.3 Å². The highest BCUT2D eigenvalue weighted by atomic mass is 16.6. The van der Waals surface area contributed by atoms with Crippen LogP contribution < -0.4 is 14.9 Å². The van der Waals surface area contributed by atoms with Gasteiger partial charge in [-0.25, -0.2) is 10.2 Å². The molecule has 1 amide bonds. The van der Waals surface area contributed by atoms with Crippen molar-refractivity contribution in [1.82, 2.24) is 5.43 Å². The highest BCUT2D eigenvalue weighted by Gasteiger charge is 2.14. The largest absolute Gasteiger partial charge is 0.493 e. The zero-order valence-corrected chi connectivity index (χ0v) is 16.3. The van der Waals surface area contributed by atoms with Gasteiger partial charge in [-0.2, -0.15) is 5.10 Å². The topological polar surface area (TPSA) is 120 Å². The maximum Gasteiger partial charge on any atom is 0.343 e. The van der Waals surface area contributed by atoms with E-state index in [1.54, 1.807) is 36.4 Å². The minimum Gasteiger partial charge on any atom is -0.493 e. The molecule has 0 atom stereocenters. The van der Waals surface area contributed by atoms with Gasteiger partial charge >= 0.3 is 5.97 Å². The minimum atomic E-state index is -0.690. The average molecular weight is 419 g/mol. The molecule has 3 aromatic carbocycles. The fourth-order valence-electron chi connectivity index (χ4n) is 2.55. The smallest absolute Gasteiger partial charge is 0.343 e. The first kappa shape index (κ1) is 21.2. The zero-order chi connectivity index (χ0) is 22.2. The Kier molecular flexibility index (Phi) is 6.69. The molecule has 9 heteroatoms. The van der Waals surface area contributed by atoms with Crippen LogP contribution >= 0.6 is 0 Å². The van der Waals surface area contributed by atoms with E-state index in [4.69, 9.17) is 9.47 Å². The van der Waals surface area contributed by atoms with E-state index in [9.17, 15) is 19.7 Å². The third-order valence-corrected chi connectivity index (χ3v) is 4.12. The second kappa shape index (κ2) is 9.79. The van der Waals surface area contributed by atoms with Crippen LogP contribution in [0.25, 0.3) is 0 Å². The maximum absolute atomic E-state index is 12.3. The number of ether oxygens (including phenoxy) is 2. The molecule has 9 nitrogen and oxygen atoms in total. The van der Waals surface area contributed by atoms with E-state index in [2.05, 4.69) is 10.5 Å². The second-order valence-electron chi connectivity index (χ2n) is 6.17. The normalized spacial score (nSPS) is 10.5. The fourth-order valence-corrected chi connectivity index (χ4v) is 2.55. The Morgan fingerprint density at radius 2 is 1.68 bits per heavy atom. The van der Waals surface area contributed by atoms with E-state index in [1.807, 2.05) is 6.07 Å². The van der Waals surface area contributed by atoms with Gasteiger partial charge in [0.2, 0.25) is 0 Å². The SMILES string of the molecule is COc1cc(/C=N\NC(=O)c2ccccc2)ccc1OC(=O)c1ccc([N+](=O)[O-])cc1. The van der Waals surface area contributed by atoms with E-state index >= 15 is 0 Å². The summed E-state index contributed by atoms with van der Waals surface area (Å²) in [5.74, 6) is -0.605. The van der Waals surface area contributed by atoms with Gasteiger partial charge in [0, 0.05) is 17.7 Å². The lowest BCUT2D eigenvalue weighted by Crippen LogP contribution is -2.17. The fraction of sp³-hybridized carbons (Fsp3) is 0.0455. The van der Waals surface area contributed by atoms with Crippen LogP contribution in [0.3, 0.4) is 0 Å². The molecule has 0 spiro atoms. The van der Waals surface area contributed by atoms with Crippen LogP contribution in [0.15, 0.2) is 77.9 Å². The molecular weight excluding hydrogens is 402 g/mol. The molecule has 0 bridgehead atoms. The van der Waals surface area contributed by atoms with Crippen molar-refractivity contribution < 1.29 is 24.0 Å². The second-order valence-corrected chi connectivity index (χ2v) is 6.17. The number of non-ortho nitro benzene ring substituents is 1. The van der Waals surface area contributed by atoms with Crippen LogP contribution in [0.4, 0.5) is 5.69 Å². The Labute approximate surface area is 177 Å². The van der Waals surface area contributed by atoms with Crippen LogP contribution in [-0.2, 0) is 0 Å². The summed E-state index contributed by atoms with van der Waals surface area (Å²) in [6.45, 7) is 0. The van der Waals surface area contributed by atoms with Gasteiger partial charge in [0.25, 0.3) is 11.6 Å². The number of hydrogen-bond donors (Lipinski definition) is 1. The van der Waals surface area contributed by atoms with Gasteiger partial charge in [0.1, 0.15) is 0 Å². The number of nitrogens with zero attached hydrogens (tertiary/aromatic N) is 2. The van der Waals surface area contributed by atoms with Crippen molar-refractivity contribution in [3.8, 4) is 11.5 Å². The Hall–Kier alpha value is -4.53. The molecule has 0 heterocycles. The van der Waals surface area contributed by atoms with Crippen LogP contribution in [0.2, 0.25) is 0 Å². The Morgan fingerprint density at radius 3 is 2.32 bits per heavy atom. The van der Waals surface area contributed by atoms with E-state index in [0.717, 1.165) is 0 Å². The van der Waals surface area contributed by atoms with Crippen molar-refractivity contribution in [3.63, 3.8) is 0 Å². The molecule has 0 aliphatic heterocycles. The lowest BCUT2D eigenvalue weighted by Gasteiger charge is -2.10. The highest BCUT2D eigenvalue weighted by molar-refractivity contribution is 5.95. The number of hydrazone groups is 1. The maximum atomic E-state index is 12.3. The molecule has 31 heavy (non-hydrogen) atoms. The molecule has 0 aliphatic rings. The number of amides is 1. The Balaban J connectivity index is 1.67. The van der Waals surface area contributed by atoms with Gasteiger partial charge in [-0.1, -0.05) is 18.2 Å². The number of esters is 1. The van der Waals surface area contributed by atoms with Gasteiger partial charge in [-0.3, -0.25) is 14.9 Å². The van der Waals surface area contributed by atoms with Crippen LogP contribution in [-0.4, -0.2) is 30.1 Å². The molecule has 0 unspecified atom stereocenters. The molecule has 0 aromatic heterocycles. The van der Waals surface area contributed by atoms with E-state index in [1.165, 1.54) is 43.7 Å². The average Bonchev–Trinajstić information content (AvgIpc) is 2.80. The number of benzene rings is 3. The first-order valence-electron chi connectivity index (χ1n) is 9.01. The zero-order valence-electron chi connectivity index (χ0n) is 16.3. The first-order chi connectivity index (χ1) is 15.0.